The van der Waals surface area contributed by atoms with Crippen LogP contribution in [-0.2, 0) is 12.2 Å². The van der Waals surface area contributed by atoms with Gasteiger partial charge >= 0.3 is 0 Å². The minimum absolute atomic E-state index is 0.0122. The van der Waals surface area contributed by atoms with E-state index in [0.29, 0.717) is 6.54 Å². The van der Waals surface area contributed by atoms with Gasteiger partial charge in [0.15, 0.2) is 0 Å². The molecule has 1 N–H and O–H groups in total. The van der Waals surface area contributed by atoms with Crippen LogP contribution in [0.3, 0.4) is 0 Å². The van der Waals surface area contributed by atoms with Crippen LogP contribution < -0.4 is 10.1 Å². The Bertz CT molecular complexity index is 896. The van der Waals surface area contributed by atoms with Crippen molar-refractivity contribution in [2.24, 2.45) is 0 Å². The van der Waals surface area contributed by atoms with Crippen LogP contribution >= 0.6 is 11.8 Å². The van der Waals surface area contributed by atoms with Crippen LogP contribution in [0.1, 0.15) is 27.9 Å². The molecule has 0 aliphatic carbocycles. The number of methoxy groups -OCH3 is 1. The van der Waals surface area contributed by atoms with Crippen molar-refractivity contribution < 1.29 is 9.53 Å². The minimum atomic E-state index is -0.0122. The van der Waals surface area contributed by atoms with Crippen molar-refractivity contribution in [2.45, 2.75) is 23.5 Å². The van der Waals surface area contributed by atoms with Crippen LogP contribution in [0.25, 0.3) is 0 Å². The lowest BCUT2D eigenvalue weighted by Gasteiger charge is -2.10. The standard InChI is InChI=1S/C24H25NO2S/c1-27-21-13-7-11-19(17-21)12-8-16-25-24(26)22-14-5-6-15-23(22)28-18-20-9-3-2-4-10-20/h2-7,9-11,13-15,17H,8,12,16,18H2,1H3,(H,25,26). The number of hydrogen-bond donors (Lipinski definition) is 1. The second-order valence-corrected chi connectivity index (χ2v) is 7.50. The van der Waals surface area contributed by atoms with Crippen molar-refractivity contribution in [3.8, 4) is 5.75 Å². The maximum Gasteiger partial charge on any atom is 0.252 e. The first-order valence-electron chi connectivity index (χ1n) is 9.43. The highest BCUT2D eigenvalue weighted by molar-refractivity contribution is 7.98. The molecule has 0 aromatic heterocycles. The Kier molecular flexibility index (Phi) is 7.56. The molecule has 0 aliphatic heterocycles. The van der Waals surface area contributed by atoms with Crippen molar-refractivity contribution in [1.29, 1.82) is 0 Å². The fraction of sp³-hybridized carbons (Fsp3) is 0.208. The molecule has 3 aromatic rings. The van der Waals surface area contributed by atoms with Gasteiger partial charge in [0.2, 0.25) is 0 Å². The SMILES string of the molecule is COc1cccc(CCCNC(=O)c2ccccc2SCc2ccccc2)c1. The number of thioether (sulfide) groups is 1. The van der Waals surface area contributed by atoms with Gasteiger partial charge in [-0.05, 0) is 48.2 Å². The summed E-state index contributed by atoms with van der Waals surface area (Å²) in [6, 6.07) is 26.2. The van der Waals surface area contributed by atoms with E-state index in [1.807, 2.05) is 60.7 Å². The molecule has 144 valence electrons. The number of carbonyl (C=O) groups is 1. The molecule has 0 radical (unpaired) electrons. The van der Waals surface area contributed by atoms with E-state index in [0.717, 1.165) is 34.8 Å². The average Bonchev–Trinajstić information content (AvgIpc) is 2.76. The van der Waals surface area contributed by atoms with Crippen molar-refractivity contribution in [3.63, 3.8) is 0 Å². The predicted molar refractivity (Wildman–Crippen MR) is 116 cm³/mol. The van der Waals surface area contributed by atoms with Gasteiger partial charge in [0.25, 0.3) is 5.91 Å². The second kappa shape index (κ2) is 10.6. The average molecular weight is 392 g/mol. The number of hydrogen-bond acceptors (Lipinski definition) is 3. The summed E-state index contributed by atoms with van der Waals surface area (Å²) in [5.41, 5.74) is 3.21. The maximum atomic E-state index is 12.6. The first kappa shape index (κ1) is 20.0. The summed E-state index contributed by atoms with van der Waals surface area (Å²) in [6.45, 7) is 0.647. The number of nitrogens with one attached hydrogen (secondary N) is 1. The lowest BCUT2D eigenvalue weighted by atomic mass is 10.1. The van der Waals surface area contributed by atoms with Gasteiger partial charge in [-0.1, -0.05) is 54.6 Å². The zero-order valence-electron chi connectivity index (χ0n) is 16.1. The smallest absolute Gasteiger partial charge is 0.252 e. The third-order valence-corrected chi connectivity index (χ3v) is 5.58. The van der Waals surface area contributed by atoms with Crippen LogP contribution in [0.2, 0.25) is 0 Å². The van der Waals surface area contributed by atoms with E-state index in [1.54, 1.807) is 18.9 Å². The molecule has 0 unspecified atom stereocenters. The van der Waals surface area contributed by atoms with Gasteiger partial charge in [0.1, 0.15) is 5.75 Å². The van der Waals surface area contributed by atoms with Crippen molar-refractivity contribution in [3.05, 3.63) is 95.6 Å². The molecule has 3 aromatic carbocycles. The highest BCUT2D eigenvalue weighted by Gasteiger charge is 2.11. The fourth-order valence-electron chi connectivity index (χ4n) is 2.93. The van der Waals surface area contributed by atoms with Crippen LogP contribution in [0.15, 0.2) is 83.8 Å². The monoisotopic (exact) mass is 391 g/mol. The maximum absolute atomic E-state index is 12.6. The normalized spacial score (nSPS) is 10.5. The largest absolute Gasteiger partial charge is 0.497 e. The van der Waals surface area contributed by atoms with Crippen molar-refractivity contribution >= 4 is 17.7 Å². The molecule has 3 rings (SSSR count). The van der Waals surface area contributed by atoms with Gasteiger partial charge in [0.05, 0.1) is 12.7 Å². The third-order valence-electron chi connectivity index (χ3n) is 4.43. The molecule has 4 heteroatoms. The van der Waals surface area contributed by atoms with E-state index in [2.05, 4.69) is 23.5 Å². The zero-order chi connectivity index (χ0) is 19.6. The van der Waals surface area contributed by atoms with Gasteiger partial charge in [-0.3, -0.25) is 4.79 Å². The minimum Gasteiger partial charge on any atom is -0.497 e. The summed E-state index contributed by atoms with van der Waals surface area (Å²) in [5.74, 6) is 1.70. The second-order valence-electron chi connectivity index (χ2n) is 6.48. The number of ether oxygens (including phenoxy) is 1. The molecule has 0 saturated carbocycles. The highest BCUT2D eigenvalue weighted by atomic mass is 32.2. The van der Waals surface area contributed by atoms with Gasteiger partial charge in [0, 0.05) is 17.2 Å². The van der Waals surface area contributed by atoms with E-state index < -0.39 is 0 Å². The van der Waals surface area contributed by atoms with Crippen LogP contribution in [0.4, 0.5) is 0 Å². The molecule has 0 fully saturated rings. The lowest BCUT2D eigenvalue weighted by molar-refractivity contribution is 0.0950. The molecule has 0 bridgehead atoms. The molecule has 1 amide bonds. The number of benzene rings is 3. The summed E-state index contributed by atoms with van der Waals surface area (Å²) >= 11 is 1.69. The molecular formula is C24H25NO2S. The Balaban J connectivity index is 1.51. The Morgan fingerprint density at radius 2 is 1.68 bits per heavy atom. The van der Waals surface area contributed by atoms with Gasteiger partial charge in [-0.25, -0.2) is 0 Å². The third kappa shape index (κ3) is 5.89. The molecule has 28 heavy (non-hydrogen) atoms. The Morgan fingerprint density at radius 3 is 2.50 bits per heavy atom. The number of aryl methyl sites for hydroxylation is 1. The highest BCUT2D eigenvalue weighted by Crippen LogP contribution is 2.26. The number of rotatable bonds is 9. The Labute approximate surface area is 171 Å². The molecule has 0 atom stereocenters. The lowest BCUT2D eigenvalue weighted by Crippen LogP contribution is -2.25. The topological polar surface area (TPSA) is 38.3 Å². The zero-order valence-corrected chi connectivity index (χ0v) is 16.9. The van der Waals surface area contributed by atoms with Gasteiger partial charge < -0.3 is 10.1 Å². The number of amides is 1. The summed E-state index contributed by atoms with van der Waals surface area (Å²) in [4.78, 5) is 13.7. The summed E-state index contributed by atoms with van der Waals surface area (Å²) < 4.78 is 5.25. The molecule has 0 heterocycles. The van der Waals surface area contributed by atoms with E-state index in [1.165, 1.54) is 11.1 Å². The molecule has 3 nitrogen and oxygen atoms in total. The van der Waals surface area contributed by atoms with E-state index in [9.17, 15) is 4.79 Å². The molecule has 0 aliphatic rings. The van der Waals surface area contributed by atoms with Crippen molar-refractivity contribution in [1.82, 2.24) is 5.32 Å². The van der Waals surface area contributed by atoms with E-state index in [4.69, 9.17) is 4.74 Å². The summed E-state index contributed by atoms with van der Waals surface area (Å²) in [7, 11) is 1.67. The molecule has 0 saturated heterocycles. The molecular weight excluding hydrogens is 366 g/mol. The van der Waals surface area contributed by atoms with Crippen LogP contribution in [0.5, 0.6) is 5.75 Å². The first-order valence-corrected chi connectivity index (χ1v) is 10.4. The van der Waals surface area contributed by atoms with Gasteiger partial charge in [-0.15, -0.1) is 11.8 Å². The Morgan fingerprint density at radius 1 is 0.929 bits per heavy atom. The number of carbonyl (C=O) groups excluding carboxylic acids is 1. The van der Waals surface area contributed by atoms with Crippen LogP contribution in [0, 0.1) is 0 Å². The van der Waals surface area contributed by atoms with Crippen LogP contribution in [-0.4, -0.2) is 19.6 Å². The fourth-order valence-corrected chi connectivity index (χ4v) is 3.94. The summed E-state index contributed by atoms with van der Waals surface area (Å²) in [6.07, 6.45) is 1.79. The van der Waals surface area contributed by atoms with E-state index >= 15 is 0 Å². The molecule has 0 spiro atoms. The van der Waals surface area contributed by atoms with Crippen molar-refractivity contribution in [2.75, 3.05) is 13.7 Å². The van der Waals surface area contributed by atoms with Gasteiger partial charge in [-0.2, -0.15) is 0 Å². The first-order chi connectivity index (χ1) is 13.8. The van der Waals surface area contributed by atoms with E-state index in [-0.39, 0.29) is 5.91 Å². The Hall–Kier alpha value is -2.72. The predicted octanol–water partition coefficient (Wildman–Crippen LogP) is 5.35. The quantitative estimate of drug-likeness (QED) is 0.395. The summed E-state index contributed by atoms with van der Waals surface area (Å²) in [5, 5.41) is 3.05.